The van der Waals surface area contributed by atoms with Crippen LogP contribution in [-0.4, -0.2) is 21.7 Å². The number of hydrazone groups is 1. The molecule has 3 aromatic rings. The van der Waals surface area contributed by atoms with Crippen molar-refractivity contribution in [1.82, 2.24) is 15.4 Å². The molecule has 2 aromatic carbocycles. The van der Waals surface area contributed by atoms with Gasteiger partial charge in [0.2, 0.25) is 0 Å². The van der Waals surface area contributed by atoms with Gasteiger partial charge in [0.05, 0.1) is 16.7 Å². The Kier molecular flexibility index (Phi) is 3.99. The van der Waals surface area contributed by atoms with E-state index >= 15 is 0 Å². The Hall–Kier alpha value is -2.86. The fourth-order valence-electron chi connectivity index (χ4n) is 2.18. The quantitative estimate of drug-likeness (QED) is 0.508. The number of nitrogens with two attached hydrogens (primary N) is 1. The smallest absolute Gasteiger partial charge is 0.332 e. The van der Waals surface area contributed by atoms with Crippen molar-refractivity contribution in [3.05, 3.63) is 53.1 Å². The molecule has 0 bridgehead atoms. The number of carbonyl (C=O) groups excluding carboxylic acids is 1. The van der Waals surface area contributed by atoms with Crippen LogP contribution >= 0.6 is 11.6 Å². The van der Waals surface area contributed by atoms with Crippen molar-refractivity contribution in [2.75, 3.05) is 0 Å². The number of nitrogens with zero attached hydrogens (tertiary/aromatic N) is 2. The minimum absolute atomic E-state index is 0.647. The second-order valence-corrected chi connectivity index (χ2v) is 5.43. The van der Waals surface area contributed by atoms with Crippen molar-refractivity contribution in [2.24, 2.45) is 10.8 Å². The van der Waals surface area contributed by atoms with Crippen LogP contribution < -0.4 is 11.2 Å². The maximum atomic E-state index is 10.7. The fraction of sp³-hybridized carbons (Fsp3) is 0.0625. The van der Waals surface area contributed by atoms with Gasteiger partial charge in [0.15, 0.2) is 0 Å². The Morgan fingerprint density at radius 2 is 2.00 bits per heavy atom. The number of amides is 2. The monoisotopic (exact) mass is 327 g/mol. The molecule has 2 amide bonds. The van der Waals surface area contributed by atoms with Crippen LogP contribution in [0.2, 0.25) is 5.02 Å². The highest BCUT2D eigenvalue weighted by Crippen LogP contribution is 2.23. The number of H-pyrrole nitrogens is 1. The number of urea groups is 1. The molecule has 0 saturated carbocycles. The zero-order valence-electron chi connectivity index (χ0n) is 12.3. The molecule has 116 valence electrons. The number of imidazole rings is 1. The Morgan fingerprint density at radius 1 is 1.26 bits per heavy atom. The van der Waals surface area contributed by atoms with Crippen molar-refractivity contribution in [1.29, 1.82) is 0 Å². The summed E-state index contributed by atoms with van der Waals surface area (Å²) < 4.78 is 0. The average molecular weight is 328 g/mol. The van der Waals surface area contributed by atoms with E-state index in [0.717, 1.165) is 28.0 Å². The number of aromatic nitrogens is 2. The van der Waals surface area contributed by atoms with E-state index in [2.05, 4.69) is 20.5 Å². The highest BCUT2D eigenvalue weighted by molar-refractivity contribution is 6.30. The normalized spacial score (nSPS) is 11.7. The zero-order valence-corrected chi connectivity index (χ0v) is 13.1. The van der Waals surface area contributed by atoms with Crippen LogP contribution in [0.1, 0.15) is 12.5 Å². The molecule has 6 nitrogen and oxygen atoms in total. The molecule has 4 N–H and O–H groups in total. The second-order valence-electron chi connectivity index (χ2n) is 5.00. The predicted octanol–water partition coefficient (Wildman–Crippen LogP) is 3.28. The van der Waals surface area contributed by atoms with Gasteiger partial charge >= 0.3 is 6.03 Å². The standard InChI is InChI=1S/C16H14ClN5O/c1-9(21-22-16(18)23)11-4-7-13-14(8-11)20-15(19-13)10-2-5-12(17)6-3-10/h2-8H,1H3,(H,19,20)(H3,18,22,23)/b21-9+. The first-order valence-corrected chi connectivity index (χ1v) is 7.26. The molecule has 0 fully saturated rings. The number of halogens is 1. The zero-order chi connectivity index (χ0) is 16.4. The molecule has 0 radical (unpaired) electrons. The van der Waals surface area contributed by atoms with Gasteiger partial charge in [-0.3, -0.25) is 0 Å². The highest BCUT2D eigenvalue weighted by atomic mass is 35.5. The third-order valence-electron chi connectivity index (χ3n) is 3.35. The Bertz CT molecular complexity index is 898. The molecule has 0 aliphatic rings. The molecule has 0 spiro atoms. The van der Waals surface area contributed by atoms with E-state index in [4.69, 9.17) is 17.3 Å². The molecule has 7 heteroatoms. The lowest BCUT2D eigenvalue weighted by molar-refractivity contribution is 0.249. The molecular weight excluding hydrogens is 314 g/mol. The molecule has 3 rings (SSSR count). The number of primary amides is 1. The SMILES string of the molecule is C/C(=N\NC(N)=O)c1ccc2nc(-c3ccc(Cl)cc3)[nH]c2c1. The van der Waals surface area contributed by atoms with Crippen LogP contribution in [-0.2, 0) is 0 Å². The maximum Gasteiger partial charge on any atom is 0.332 e. The lowest BCUT2D eigenvalue weighted by atomic mass is 10.1. The second kappa shape index (κ2) is 6.10. The van der Waals surface area contributed by atoms with E-state index in [1.54, 1.807) is 6.92 Å². The van der Waals surface area contributed by atoms with Gasteiger partial charge in [-0.1, -0.05) is 17.7 Å². The maximum absolute atomic E-state index is 10.7. The van der Waals surface area contributed by atoms with Crippen LogP contribution in [0.3, 0.4) is 0 Å². The summed E-state index contributed by atoms with van der Waals surface area (Å²) in [6.07, 6.45) is 0. The molecule has 0 aliphatic heterocycles. The van der Waals surface area contributed by atoms with Crippen LogP contribution in [0.4, 0.5) is 4.79 Å². The van der Waals surface area contributed by atoms with E-state index in [-0.39, 0.29) is 0 Å². The first kappa shape index (κ1) is 15.1. The van der Waals surface area contributed by atoms with Crippen molar-refractivity contribution in [2.45, 2.75) is 6.92 Å². The third kappa shape index (κ3) is 3.32. The number of carbonyl (C=O) groups is 1. The number of aromatic amines is 1. The summed E-state index contributed by atoms with van der Waals surface area (Å²) in [5.41, 5.74) is 11.4. The summed E-state index contributed by atoms with van der Waals surface area (Å²) >= 11 is 5.90. The molecule has 0 aliphatic carbocycles. The molecule has 0 saturated heterocycles. The summed E-state index contributed by atoms with van der Waals surface area (Å²) in [6, 6.07) is 12.5. The summed E-state index contributed by atoms with van der Waals surface area (Å²) in [5.74, 6) is 0.763. The number of rotatable bonds is 3. The third-order valence-corrected chi connectivity index (χ3v) is 3.60. The van der Waals surface area contributed by atoms with Gasteiger partial charge in [0.25, 0.3) is 0 Å². The molecular formula is C16H14ClN5O. The first-order valence-electron chi connectivity index (χ1n) is 6.89. The summed E-state index contributed by atoms with van der Waals surface area (Å²) in [5, 5.41) is 4.60. The summed E-state index contributed by atoms with van der Waals surface area (Å²) in [4.78, 5) is 18.5. The van der Waals surface area contributed by atoms with Crippen LogP contribution in [0.5, 0.6) is 0 Å². The van der Waals surface area contributed by atoms with Crippen LogP contribution in [0.15, 0.2) is 47.6 Å². The van der Waals surface area contributed by atoms with Crippen LogP contribution in [0, 0.1) is 0 Å². The largest absolute Gasteiger partial charge is 0.350 e. The summed E-state index contributed by atoms with van der Waals surface area (Å²) in [7, 11) is 0. The number of fused-ring (bicyclic) bond motifs is 1. The predicted molar refractivity (Wildman–Crippen MR) is 91.5 cm³/mol. The minimum Gasteiger partial charge on any atom is -0.350 e. The number of benzene rings is 2. The molecule has 23 heavy (non-hydrogen) atoms. The van der Waals surface area contributed by atoms with Crippen molar-refractivity contribution in [3.8, 4) is 11.4 Å². The van der Waals surface area contributed by atoms with Crippen molar-refractivity contribution < 1.29 is 4.79 Å². The minimum atomic E-state index is -0.697. The lowest BCUT2D eigenvalue weighted by Gasteiger charge is -2.00. The van der Waals surface area contributed by atoms with Crippen molar-refractivity contribution >= 4 is 34.4 Å². The van der Waals surface area contributed by atoms with Gasteiger partial charge < -0.3 is 10.7 Å². The van der Waals surface area contributed by atoms with Gasteiger partial charge in [0.1, 0.15) is 5.82 Å². The topological polar surface area (TPSA) is 96.2 Å². The number of hydrogen-bond donors (Lipinski definition) is 3. The number of hydrogen-bond acceptors (Lipinski definition) is 3. The Labute approximate surface area is 137 Å². The van der Waals surface area contributed by atoms with Gasteiger partial charge in [0, 0.05) is 10.6 Å². The average Bonchev–Trinajstić information content (AvgIpc) is 2.96. The van der Waals surface area contributed by atoms with Gasteiger partial charge in [-0.25, -0.2) is 15.2 Å². The number of nitrogens with one attached hydrogen (secondary N) is 2. The van der Waals surface area contributed by atoms with E-state index in [0.29, 0.717) is 10.7 Å². The van der Waals surface area contributed by atoms with Gasteiger partial charge in [-0.05, 0) is 48.9 Å². The van der Waals surface area contributed by atoms with Crippen molar-refractivity contribution in [3.63, 3.8) is 0 Å². The molecule has 1 heterocycles. The van der Waals surface area contributed by atoms with Crippen LogP contribution in [0.25, 0.3) is 22.4 Å². The highest BCUT2D eigenvalue weighted by Gasteiger charge is 2.07. The van der Waals surface area contributed by atoms with E-state index in [1.165, 1.54) is 0 Å². The lowest BCUT2D eigenvalue weighted by Crippen LogP contribution is -2.25. The van der Waals surface area contributed by atoms with E-state index in [1.807, 2.05) is 42.5 Å². The molecule has 0 unspecified atom stereocenters. The fourth-order valence-corrected chi connectivity index (χ4v) is 2.31. The van der Waals surface area contributed by atoms with E-state index in [9.17, 15) is 4.79 Å². The first-order chi connectivity index (χ1) is 11.0. The Balaban J connectivity index is 1.96. The molecule has 0 atom stereocenters. The van der Waals surface area contributed by atoms with E-state index < -0.39 is 6.03 Å². The Morgan fingerprint density at radius 3 is 2.70 bits per heavy atom. The molecule has 1 aromatic heterocycles. The van der Waals surface area contributed by atoms with Gasteiger partial charge in [-0.2, -0.15) is 5.10 Å². The summed E-state index contributed by atoms with van der Waals surface area (Å²) in [6.45, 7) is 1.79. The van der Waals surface area contributed by atoms with Gasteiger partial charge in [-0.15, -0.1) is 0 Å².